The van der Waals surface area contributed by atoms with E-state index in [0.717, 1.165) is 40.0 Å². The largest absolute Gasteiger partial charge is 0.490 e. The van der Waals surface area contributed by atoms with Crippen LogP contribution in [0.2, 0.25) is 0 Å². The second-order valence-corrected chi connectivity index (χ2v) is 7.12. The highest BCUT2D eigenvalue weighted by molar-refractivity contribution is 5.88. The zero-order valence-corrected chi connectivity index (χ0v) is 17.6. The first-order valence-electron chi connectivity index (χ1n) is 10.1. The molecule has 1 amide bonds. The van der Waals surface area contributed by atoms with Crippen LogP contribution in [0.4, 0.5) is 0 Å². The van der Waals surface area contributed by atoms with Crippen molar-refractivity contribution in [1.82, 2.24) is 5.32 Å². The van der Waals surface area contributed by atoms with E-state index in [9.17, 15) is 4.79 Å². The predicted octanol–water partition coefficient (Wildman–Crippen LogP) is 4.75. The average Bonchev–Trinajstić information content (AvgIpc) is 3.06. The van der Waals surface area contributed by atoms with Crippen LogP contribution < -0.4 is 14.8 Å². The standard InChI is InChI=1S/C24H29NO4/c1-5-27-21-8-7-18(13-23(21)28-6-2)9-10-25-24(26)14-19-15-29-22-12-17(4)16(3)11-20(19)22/h7-8,11-13,15H,5-6,9-10,14H2,1-4H3,(H,25,26). The van der Waals surface area contributed by atoms with Gasteiger partial charge >= 0.3 is 0 Å². The predicted molar refractivity (Wildman–Crippen MR) is 115 cm³/mol. The van der Waals surface area contributed by atoms with E-state index in [-0.39, 0.29) is 5.91 Å². The second-order valence-electron chi connectivity index (χ2n) is 7.12. The lowest BCUT2D eigenvalue weighted by Crippen LogP contribution is -2.27. The molecule has 1 heterocycles. The summed E-state index contributed by atoms with van der Waals surface area (Å²) in [4.78, 5) is 12.4. The summed E-state index contributed by atoms with van der Waals surface area (Å²) < 4.78 is 16.9. The van der Waals surface area contributed by atoms with Crippen LogP contribution in [0, 0.1) is 13.8 Å². The number of hydrogen-bond acceptors (Lipinski definition) is 4. The molecule has 1 aromatic heterocycles. The van der Waals surface area contributed by atoms with Crippen molar-refractivity contribution in [3.8, 4) is 11.5 Å². The van der Waals surface area contributed by atoms with Gasteiger partial charge in [0.15, 0.2) is 11.5 Å². The van der Waals surface area contributed by atoms with Gasteiger partial charge in [0, 0.05) is 17.5 Å². The minimum Gasteiger partial charge on any atom is -0.490 e. The Morgan fingerprint density at radius 2 is 1.72 bits per heavy atom. The molecule has 5 nitrogen and oxygen atoms in total. The third kappa shape index (κ3) is 5.11. The summed E-state index contributed by atoms with van der Waals surface area (Å²) in [5.41, 5.74) is 5.22. The van der Waals surface area contributed by atoms with E-state index in [1.54, 1.807) is 6.26 Å². The van der Waals surface area contributed by atoms with Gasteiger partial charge in [-0.25, -0.2) is 0 Å². The fourth-order valence-electron chi connectivity index (χ4n) is 3.31. The molecule has 0 saturated carbocycles. The van der Waals surface area contributed by atoms with E-state index in [2.05, 4.69) is 25.2 Å². The molecule has 0 bridgehead atoms. The number of carbonyl (C=O) groups excluding carboxylic acids is 1. The van der Waals surface area contributed by atoms with Gasteiger partial charge < -0.3 is 19.2 Å². The summed E-state index contributed by atoms with van der Waals surface area (Å²) in [7, 11) is 0. The number of ether oxygens (including phenoxy) is 2. The molecule has 3 aromatic rings. The van der Waals surface area contributed by atoms with Crippen molar-refractivity contribution < 1.29 is 18.7 Å². The van der Waals surface area contributed by atoms with Crippen LogP contribution in [0.3, 0.4) is 0 Å². The highest BCUT2D eigenvalue weighted by Crippen LogP contribution is 2.29. The van der Waals surface area contributed by atoms with E-state index in [4.69, 9.17) is 13.9 Å². The Morgan fingerprint density at radius 3 is 2.48 bits per heavy atom. The van der Waals surface area contributed by atoms with Gasteiger partial charge in [0.2, 0.25) is 5.91 Å². The molecule has 0 unspecified atom stereocenters. The number of rotatable bonds is 9. The molecule has 0 atom stereocenters. The Bertz CT molecular complexity index is 990. The second kappa shape index (κ2) is 9.50. The van der Waals surface area contributed by atoms with Gasteiger partial charge in [-0.15, -0.1) is 0 Å². The van der Waals surface area contributed by atoms with Gasteiger partial charge in [0.1, 0.15) is 5.58 Å². The summed E-state index contributed by atoms with van der Waals surface area (Å²) in [6.07, 6.45) is 2.72. The van der Waals surface area contributed by atoms with Gasteiger partial charge in [-0.1, -0.05) is 6.07 Å². The molecule has 0 aliphatic rings. The minimum absolute atomic E-state index is 0.0121. The maximum atomic E-state index is 12.4. The van der Waals surface area contributed by atoms with E-state index in [0.29, 0.717) is 26.2 Å². The van der Waals surface area contributed by atoms with Crippen LogP contribution in [-0.4, -0.2) is 25.7 Å². The number of aryl methyl sites for hydroxylation is 2. The Labute approximate surface area is 172 Å². The van der Waals surface area contributed by atoms with Crippen molar-refractivity contribution >= 4 is 16.9 Å². The topological polar surface area (TPSA) is 60.7 Å². The SMILES string of the molecule is CCOc1ccc(CCNC(=O)Cc2coc3cc(C)c(C)cc23)cc1OCC. The van der Waals surface area contributed by atoms with E-state index < -0.39 is 0 Å². The minimum atomic E-state index is -0.0121. The van der Waals surface area contributed by atoms with Crippen molar-refractivity contribution in [2.75, 3.05) is 19.8 Å². The summed E-state index contributed by atoms with van der Waals surface area (Å²) >= 11 is 0. The van der Waals surface area contributed by atoms with Gasteiger partial charge in [0.25, 0.3) is 0 Å². The van der Waals surface area contributed by atoms with Gasteiger partial charge in [-0.05, 0) is 75.1 Å². The van der Waals surface area contributed by atoms with Crippen LogP contribution >= 0.6 is 0 Å². The van der Waals surface area contributed by atoms with Crippen LogP contribution in [0.5, 0.6) is 11.5 Å². The summed E-state index contributed by atoms with van der Waals surface area (Å²) in [6, 6.07) is 10.0. The smallest absolute Gasteiger partial charge is 0.224 e. The third-order valence-corrected chi connectivity index (χ3v) is 4.96. The highest BCUT2D eigenvalue weighted by atomic mass is 16.5. The van der Waals surface area contributed by atoms with Crippen molar-refractivity contribution in [3.05, 3.63) is 58.8 Å². The lowest BCUT2D eigenvalue weighted by molar-refractivity contribution is -0.120. The normalized spacial score (nSPS) is 10.9. The molecule has 0 aliphatic carbocycles. The molecule has 1 N–H and O–H groups in total. The third-order valence-electron chi connectivity index (χ3n) is 4.96. The van der Waals surface area contributed by atoms with Crippen molar-refractivity contribution in [2.45, 2.75) is 40.5 Å². The highest BCUT2D eigenvalue weighted by Gasteiger charge is 2.12. The fraction of sp³-hybridized carbons (Fsp3) is 0.375. The number of carbonyl (C=O) groups is 1. The molecule has 2 aromatic carbocycles. The van der Waals surface area contributed by atoms with Crippen LogP contribution in [0.1, 0.15) is 36.1 Å². The molecule has 154 valence electrons. The van der Waals surface area contributed by atoms with Crippen molar-refractivity contribution in [1.29, 1.82) is 0 Å². The molecular weight excluding hydrogens is 366 g/mol. The molecule has 0 spiro atoms. The Morgan fingerprint density at radius 1 is 1.00 bits per heavy atom. The lowest BCUT2D eigenvalue weighted by Gasteiger charge is -2.12. The van der Waals surface area contributed by atoms with Crippen LogP contribution in [-0.2, 0) is 17.6 Å². The summed E-state index contributed by atoms with van der Waals surface area (Å²) in [5.74, 6) is 1.48. The number of amides is 1. The van der Waals surface area contributed by atoms with E-state index in [1.807, 2.05) is 38.1 Å². The molecule has 0 aliphatic heterocycles. The lowest BCUT2D eigenvalue weighted by atomic mass is 10.0. The Hall–Kier alpha value is -2.95. The molecule has 0 saturated heterocycles. The first-order chi connectivity index (χ1) is 14.0. The molecule has 0 radical (unpaired) electrons. The Kier molecular flexibility index (Phi) is 6.81. The monoisotopic (exact) mass is 395 g/mol. The first-order valence-corrected chi connectivity index (χ1v) is 10.1. The van der Waals surface area contributed by atoms with Crippen LogP contribution in [0.15, 0.2) is 41.0 Å². The van der Waals surface area contributed by atoms with E-state index in [1.165, 1.54) is 11.1 Å². The number of furan rings is 1. The number of benzene rings is 2. The van der Waals surface area contributed by atoms with E-state index >= 15 is 0 Å². The number of nitrogens with one attached hydrogen (secondary N) is 1. The Balaban J connectivity index is 1.57. The average molecular weight is 395 g/mol. The molecule has 29 heavy (non-hydrogen) atoms. The summed E-state index contributed by atoms with van der Waals surface area (Å²) in [6.45, 7) is 9.76. The molecule has 0 fully saturated rings. The van der Waals surface area contributed by atoms with Crippen molar-refractivity contribution in [2.24, 2.45) is 0 Å². The fourth-order valence-corrected chi connectivity index (χ4v) is 3.31. The molecule has 5 heteroatoms. The maximum absolute atomic E-state index is 12.4. The quantitative estimate of drug-likeness (QED) is 0.568. The van der Waals surface area contributed by atoms with Gasteiger partial charge in [0.05, 0.1) is 25.9 Å². The maximum Gasteiger partial charge on any atom is 0.224 e. The van der Waals surface area contributed by atoms with Crippen molar-refractivity contribution in [3.63, 3.8) is 0 Å². The number of fused-ring (bicyclic) bond motifs is 1. The van der Waals surface area contributed by atoms with Gasteiger partial charge in [-0.3, -0.25) is 4.79 Å². The molecule has 3 rings (SSSR count). The molecular formula is C24H29NO4. The zero-order valence-electron chi connectivity index (χ0n) is 17.6. The number of hydrogen-bond donors (Lipinski definition) is 1. The van der Waals surface area contributed by atoms with Gasteiger partial charge in [-0.2, -0.15) is 0 Å². The van der Waals surface area contributed by atoms with Crippen LogP contribution in [0.25, 0.3) is 11.0 Å². The zero-order chi connectivity index (χ0) is 20.8. The summed E-state index contributed by atoms with van der Waals surface area (Å²) in [5, 5.41) is 4.01. The first kappa shape index (κ1) is 20.8.